The number of carbonyl (C=O) groups is 1. The average molecular weight is 282 g/mol. The van der Waals surface area contributed by atoms with Gasteiger partial charge in [0.2, 0.25) is 0 Å². The van der Waals surface area contributed by atoms with Crippen LogP contribution in [0.2, 0.25) is 5.02 Å². The van der Waals surface area contributed by atoms with Gasteiger partial charge in [0.15, 0.2) is 0 Å². The van der Waals surface area contributed by atoms with Crippen LogP contribution in [-0.2, 0) is 4.79 Å². The first kappa shape index (κ1) is 14.4. The van der Waals surface area contributed by atoms with E-state index in [0.29, 0.717) is 6.04 Å². The molecule has 1 aliphatic carbocycles. The third kappa shape index (κ3) is 3.95. The summed E-state index contributed by atoms with van der Waals surface area (Å²) in [5.41, 5.74) is 1.17. The molecule has 0 amide bonds. The van der Waals surface area contributed by atoms with Gasteiger partial charge in [0, 0.05) is 17.1 Å². The minimum atomic E-state index is -0.652. The van der Waals surface area contributed by atoms with Crippen molar-refractivity contribution in [1.82, 2.24) is 5.32 Å². The molecule has 1 aliphatic rings. The normalized spacial score (nSPS) is 24.9. The number of hydrogen-bond donors (Lipinski definition) is 2. The molecular formula is C15H20ClNO2. The van der Waals surface area contributed by atoms with Gasteiger partial charge in [-0.15, -0.1) is 0 Å². The number of aliphatic carboxylic acids is 1. The Morgan fingerprint density at radius 1 is 1.37 bits per heavy atom. The van der Waals surface area contributed by atoms with E-state index in [1.165, 1.54) is 5.56 Å². The molecule has 3 nitrogen and oxygen atoms in total. The van der Waals surface area contributed by atoms with Gasteiger partial charge in [0.1, 0.15) is 0 Å². The maximum Gasteiger partial charge on any atom is 0.306 e. The quantitative estimate of drug-likeness (QED) is 0.886. The summed E-state index contributed by atoms with van der Waals surface area (Å²) in [7, 11) is 0. The first-order chi connectivity index (χ1) is 9.06. The van der Waals surface area contributed by atoms with Crippen LogP contribution in [0.25, 0.3) is 0 Å². The maximum absolute atomic E-state index is 10.9. The number of benzene rings is 1. The molecule has 1 saturated carbocycles. The van der Waals surface area contributed by atoms with Gasteiger partial charge in [0.05, 0.1) is 5.92 Å². The minimum Gasteiger partial charge on any atom is -0.481 e. The largest absolute Gasteiger partial charge is 0.481 e. The number of hydrogen-bond acceptors (Lipinski definition) is 2. The van der Waals surface area contributed by atoms with E-state index in [4.69, 9.17) is 16.7 Å². The zero-order valence-corrected chi connectivity index (χ0v) is 11.9. The Hall–Kier alpha value is -1.06. The van der Waals surface area contributed by atoms with Gasteiger partial charge >= 0.3 is 5.97 Å². The van der Waals surface area contributed by atoms with E-state index in [2.05, 4.69) is 18.3 Å². The molecule has 19 heavy (non-hydrogen) atoms. The molecule has 1 aromatic rings. The van der Waals surface area contributed by atoms with Gasteiger partial charge in [-0.05, 0) is 50.3 Å². The van der Waals surface area contributed by atoms with Crippen molar-refractivity contribution in [3.05, 3.63) is 34.9 Å². The Labute approximate surface area is 119 Å². The predicted octanol–water partition coefficient (Wildman–Crippen LogP) is 3.63. The molecule has 4 heteroatoms. The number of carboxylic acid groups (broad SMARTS) is 1. The van der Waals surface area contributed by atoms with Crippen molar-refractivity contribution in [3.63, 3.8) is 0 Å². The van der Waals surface area contributed by atoms with Gasteiger partial charge in [-0.1, -0.05) is 23.7 Å². The summed E-state index contributed by atoms with van der Waals surface area (Å²) in [6.07, 6.45) is 3.41. The Balaban J connectivity index is 1.87. The second-order valence-electron chi connectivity index (χ2n) is 5.33. The molecule has 0 aromatic heterocycles. The summed E-state index contributed by atoms with van der Waals surface area (Å²) in [5, 5.41) is 13.3. The van der Waals surface area contributed by atoms with Crippen molar-refractivity contribution in [2.24, 2.45) is 5.92 Å². The van der Waals surface area contributed by atoms with Crippen LogP contribution >= 0.6 is 11.6 Å². The van der Waals surface area contributed by atoms with Crippen molar-refractivity contribution >= 4 is 17.6 Å². The third-order valence-corrected chi connectivity index (χ3v) is 4.15. The smallest absolute Gasteiger partial charge is 0.306 e. The van der Waals surface area contributed by atoms with E-state index < -0.39 is 5.97 Å². The second-order valence-corrected chi connectivity index (χ2v) is 5.77. The summed E-state index contributed by atoms with van der Waals surface area (Å²) in [6.45, 7) is 2.12. The molecule has 1 unspecified atom stereocenters. The lowest BCUT2D eigenvalue weighted by atomic mass is 9.85. The van der Waals surface area contributed by atoms with Gasteiger partial charge in [0.25, 0.3) is 0 Å². The van der Waals surface area contributed by atoms with Gasteiger partial charge in [-0.3, -0.25) is 4.79 Å². The number of nitrogens with one attached hydrogen (secondary N) is 1. The fraction of sp³-hybridized carbons (Fsp3) is 0.533. The van der Waals surface area contributed by atoms with Crippen LogP contribution in [-0.4, -0.2) is 17.1 Å². The second kappa shape index (κ2) is 6.40. The zero-order valence-electron chi connectivity index (χ0n) is 11.1. The summed E-state index contributed by atoms with van der Waals surface area (Å²) >= 11 is 5.99. The Morgan fingerprint density at radius 3 is 2.63 bits per heavy atom. The highest BCUT2D eigenvalue weighted by molar-refractivity contribution is 6.30. The molecule has 2 rings (SSSR count). The summed E-state index contributed by atoms with van der Waals surface area (Å²) in [6, 6.07) is 8.51. The summed E-state index contributed by atoms with van der Waals surface area (Å²) in [4.78, 5) is 10.9. The molecule has 1 aromatic carbocycles. The predicted molar refractivity (Wildman–Crippen MR) is 76.4 cm³/mol. The van der Waals surface area contributed by atoms with Crippen LogP contribution in [0, 0.1) is 5.92 Å². The highest BCUT2D eigenvalue weighted by Gasteiger charge is 2.26. The minimum absolute atomic E-state index is 0.153. The van der Waals surface area contributed by atoms with Gasteiger partial charge < -0.3 is 10.4 Å². The Kier molecular flexibility index (Phi) is 4.83. The first-order valence-electron chi connectivity index (χ1n) is 6.80. The van der Waals surface area contributed by atoms with Crippen LogP contribution in [0.1, 0.15) is 44.2 Å². The fourth-order valence-corrected chi connectivity index (χ4v) is 2.93. The van der Waals surface area contributed by atoms with E-state index in [1.54, 1.807) is 0 Å². The lowest BCUT2D eigenvalue weighted by Crippen LogP contribution is -2.36. The van der Waals surface area contributed by atoms with Crippen LogP contribution < -0.4 is 5.32 Å². The average Bonchev–Trinajstić information content (AvgIpc) is 2.39. The van der Waals surface area contributed by atoms with Crippen LogP contribution in [0.3, 0.4) is 0 Å². The number of carboxylic acids is 1. The van der Waals surface area contributed by atoms with E-state index in [0.717, 1.165) is 30.7 Å². The molecule has 104 valence electrons. The van der Waals surface area contributed by atoms with E-state index in [9.17, 15) is 4.79 Å². The Morgan fingerprint density at radius 2 is 2.05 bits per heavy atom. The lowest BCUT2D eigenvalue weighted by Gasteiger charge is -2.29. The van der Waals surface area contributed by atoms with Crippen LogP contribution in [0.5, 0.6) is 0 Å². The molecule has 0 bridgehead atoms. The molecule has 2 N–H and O–H groups in total. The fourth-order valence-electron chi connectivity index (χ4n) is 2.73. The molecule has 0 radical (unpaired) electrons. The number of rotatable bonds is 4. The molecule has 0 saturated heterocycles. The standard InChI is InChI=1S/C15H20ClNO2/c1-10(12-3-2-4-13(16)9-12)17-14-7-5-11(6-8-14)15(18)19/h2-4,9-11,14,17H,5-8H2,1H3,(H,18,19). The van der Waals surface area contributed by atoms with Crippen molar-refractivity contribution < 1.29 is 9.90 Å². The number of halogens is 1. The van der Waals surface area contributed by atoms with E-state index in [1.807, 2.05) is 18.2 Å². The Bertz CT molecular complexity index is 442. The molecule has 0 spiro atoms. The van der Waals surface area contributed by atoms with Gasteiger partial charge in [-0.25, -0.2) is 0 Å². The van der Waals surface area contributed by atoms with Crippen molar-refractivity contribution in [3.8, 4) is 0 Å². The third-order valence-electron chi connectivity index (χ3n) is 3.91. The van der Waals surface area contributed by atoms with Crippen molar-refractivity contribution in [2.45, 2.75) is 44.7 Å². The van der Waals surface area contributed by atoms with Crippen LogP contribution in [0.4, 0.5) is 0 Å². The van der Waals surface area contributed by atoms with E-state index in [-0.39, 0.29) is 12.0 Å². The highest BCUT2D eigenvalue weighted by atomic mass is 35.5. The van der Waals surface area contributed by atoms with Crippen LogP contribution in [0.15, 0.2) is 24.3 Å². The zero-order chi connectivity index (χ0) is 13.8. The molecule has 1 fully saturated rings. The first-order valence-corrected chi connectivity index (χ1v) is 7.18. The molecule has 0 aliphatic heterocycles. The molecule has 0 heterocycles. The van der Waals surface area contributed by atoms with Crippen molar-refractivity contribution in [2.75, 3.05) is 0 Å². The van der Waals surface area contributed by atoms with E-state index >= 15 is 0 Å². The highest BCUT2D eigenvalue weighted by Crippen LogP contribution is 2.26. The summed E-state index contributed by atoms with van der Waals surface area (Å²) < 4.78 is 0. The molecule has 1 atom stereocenters. The monoisotopic (exact) mass is 281 g/mol. The summed E-state index contributed by atoms with van der Waals surface area (Å²) in [5.74, 6) is -0.805. The van der Waals surface area contributed by atoms with Gasteiger partial charge in [-0.2, -0.15) is 0 Å². The lowest BCUT2D eigenvalue weighted by molar-refractivity contribution is -0.142. The molecular weight excluding hydrogens is 262 g/mol. The SMILES string of the molecule is CC(NC1CCC(C(=O)O)CC1)c1cccc(Cl)c1. The van der Waals surface area contributed by atoms with Crippen molar-refractivity contribution in [1.29, 1.82) is 0 Å². The topological polar surface area (TPSA) is 49.3 Å². The maximum atomic E-state index is 10.9.